The molecule has 3 fully saturated rings. The molecular formula is C20H21ClN2O. The van der Waals surface area contributed by atoms with E-state index in [1.165, 1.54) is 18.4 Å². The topological polar surface area (TPSA) is 25.2 Å². The Bertz CT molecular complexity index is 815. The van der Waals surface area contributed by atoms with Crippen molar-refractivity contribution >= 4 is 17.3 Å². The first kappa shape index (κ1) is 14.6. The Kier molecular flexibility index (Phi) is 3.27. The SMILES string of the molecule is O=c1c(Cl)c(N2CC3C(C2)C3c2ccccc2)ccn1CC1CC1. The van der Waals surface area contributed by atoms with Gasteiger partial charge in [-0.2, -0.15) is 0 Å². The zero-order valence-electron chi connectivity index (χ0n) is 13.6. The molecule has 5 rings (SSSR count). The van der Waals surface area contributed by atoms with E-state index in [1.807, 2.05) is 12.3 Å². The molecule has 3 aliphatic rings. The molecule has 0 N–H and O–H groups in total. The molecule has 2 aliphatic carbocycles. The third kappa shape index (κ3) is 2.37. The number of nitrogens with zero attached hydrogens (tertiary/aromatic N) is 2. The molecule has 2 heterocycles. The van der Waals surface area contributed by atoms with E-state index in [1.54, 1.807) is 4.57 Å². The van der Waals surface area contributed by atoms with Gasteiger partial charge in [0.2, 0.25) is 0 Å². The van der Waals surface area contributed by atoms with Crippen LogP contribution in [0.4, 0.5) is 5.69 Å². The van der Waals surface area contributed by atoms with Gasteiger partial charge in [-0.15, -0.1) is 0 Å². The average molecular weight is 341 g/mol. The zero-order valence-corrected chi connectivity index (χ0v) is 14.3. The Balaban J connectivity index is 1.33. The first-order valence-electron chi connectivity index (χ1n) is 8.91. The highest BCUT2D eigenvalue weighted by Gasteiger charge is 2.56. The molecule has 24 heavy (non-hydrogen) atoms. The van der Waals surface area contributed by atoms with Gasteiger partial charge in [0.15, 0.2) is 0 Å². The highest BCUT2D eigenvalue weighted by Crippen LogP contribution is 2.58. The Labute approximate surface area is 146 Å². The molecule has 2 saturated carbocycles. The highest BCUT2D eigenvalue weighted by atomic mass is 35.5. The summed E-state index contributed by atoms with van der Waals surface area (Å²) in [5, 5.41) is 0.399. The molecule has 0 spiro atoms. The van der Waals surface area contributed by atoms with E-state index >= 15 is 0 Å². The fourth-order valence-corrected chi connectivity index (χ4v) is 4.69. The molecule has 124 valence electrons. The molecule has 2 unspecified atom stereocenters. The standard InChI is InChI=1S/C20H21ClN2O/c21-19-17(8-9-22(20(19)24)10-13-6-7-13)23-11-15-16(12-23)18(15)14-4-2-1-3-5-14/h1-5,8-9,13,15-16,18H,6-7,10-12H2. The molecule has 0 amide bonds. The molecule has 2 aromatic rings. The summed E-state index contributed by atoms with van der Waals surface area (Å²) in [4.78, 5) is 14.8. The first-order valence-corrected chi connectivity index (χ1v) is 9.29. The van der Waals surface area contributed by atoms with Gasteiger partial charge < -0.3 is 9.47 Å². The molecule has 1 aromatic heterocycles. The van der Waals surface area contributed by atoms with Crippen molar-refractivity contribution in [1.82, 2.24) is 4.57 Å². The normalized spacial score (nSPS) is 28.0. The predicted molar refractivity (Wildman–Crippen MR) is 96.8 cm³/mol. The number of benzene rings is 1. The number of pyridine rings is 1. The quantitative estimate of drug-likeness (QED) is 0.846. The Morgan fingerprint density at radius 3 is 2.42 bits per heavy atom. The van der Waals surface area contributed by atoms with Crippen molar-refractivity contribution in [2.75, 3.05) is 18.0 Å². The lowest BCUT2D eigenvalue weighted by molar-refractivity contribution is 0.606. The van der Waals surface area contributed by atoms with Gasteiger partial charge in [-0.3, -0.25) is 4.79 Å². The van der Waals surface area contributed by atoms with Gasteiger partial charge in [0, 0.05) is 25.8 Å². The van der Waals surface area contributed by atoms with Crippen molar-refractivity contribution in [3.8, 4) is 0 Å². The third-order valence-corrected chi connectivity index (χ3v) is 6.31. The second kappa shape index (κ2) is 5.38. The van der Waals surface area contributed by atoms with Gasteiger partial charge in [0.05, 0.1) is 5.69 Å². The summed E-state index contributed by atoms with van der Waals surface area (Å²) in [6.45, 7) is 2.84. The van der Waals surface area contributed by atoms with E-state index in [9.17, 15) is 4.79 Å². The number of piperidine rings is 1. The minimum Gasteiger partial charge on any atom is -0.369 e. The predicted octanol–water partition coefficient (Wildman–Crippen LogP) is 3.76. The number of hydrogen-bond donors (Lipinski definition) is 0. The minimum absolute atomic E-state index is 0.0266. The van der Waals surface area contributed by atoms with E-state index in [2.05, 4.69) is 35.2 Å². The number of halogens is 1. The van der Waals surface area contributed by atoms with E-state index in [0.717, 1.165) is 25.3 Å². The number of rotatable bonds is 4. The first-order chi connectivity index (χ1) is 11.7. The van der Waals surface area contributed by atoms with Gasteiger partial charge in [-0.25, -0.2) is 0 Å². The summed E-state index contributed by atoms with van der Waals surface area (Å²) in [6.07, 6.45) is 4.41. The number of aromatic nitrogens is 1. The van der Waals surface area contributed by atoms with E-state index < -0.39 is 0 Å². The lowest BCUT2D eigenvalue weighted by Gasteiger charge is -2.23. The summed E-state index contributed by atoms with van der Waals surface area (Å²) in [7, 11) is 0. The number of hydrogen-bond acceptors (Lipinski definition) is 2. The smallest absolute Gasteiger partial charge is 0.271 e. The number of fused-ring (bicyclic) bond motifs is 1. The summed E-state index contributed by atoms with van der Waals surface area (Å²) in [5.41, 5.74) is 2.35. The van der Waals surface area contributed by atoms with Gasteiger partial charge in [0.25, 0.3) is 5.56 Å². The van der Waals surface area contributed by atoms with E-state index in [0.29, 0.717) is 28.7 Å². The summed E-state index contributed by atoms with van der Waals surface area (Å²) in [5.74, 6) is 2.78. The van der Waals surface area contributed by atoms with Crippen molar-refractivity contribution in [2.45, 2.75) is 25.3 Å². The van der Waals surface area contributed by atoms with Crippen LogP contribution in [-0.2, 0) is 6.54 Å². The molecule has 1 aliphatic heterocycles. The minimum atomic E-state index is -0.0266. The Morgan fingerprint density at radius 2 is 1.75 bits per heavy atom. The van der Waals surface area contributed by atoms with Gasteiger partial charge >= 0.3 is 0 Å². The van der Waals surface area contributed by atoms with Crippen LogP contribution in [0.1, 0.15) is 24.3 Å². The third-order valence-electron chi connectivity index (χ3n) is 5.96. The summed E-state index contributed by atoms with van der Waals surface area (Å²) >= 11 is 6.42. The maximum atomic E-state index is 12.5. The van der Waals surface area contributed by atoms with Crippen molar-refractivity contribution in [1.29, 1.82) is 0 Å². The molecule has 2 atom stereocenters. The van der Waals surface area contributed by atoms with Crippen LogP contribution in [0.3, 0.4) is 0 Å². The fraction of sp³-hybridized carbons (Fsp3) is 0.450. The lowest BCUT2D eigenvalue weighted by atomic mass is 10.1. The summed E-state index contributed by atoms with van der Waals surface area (Å²) < 4.78 is 1.78. The van der Waals surface area contributed by atoms with Crippen LogP contribution in [0.25, 0.3) is 0 Å². The second-order valence-corrected chi connectivity index (χ2v) is 7.96. The molecule has 4 heteroatoms. The van der Waals surface area contributed by atoms with Crippen molar-refractivity contribution in [2.24, 2.45) is 17.8 Å². The summed E-state index contributed by atoms with van der Waals surface area (Å²) in [6, 6.07) is 12.8. The van der Waals surface area contributed by atoms with Crippen LogP contribution in [0.2, 0.25) is 5.02 Å². The average Bonchev–Trinajstić information content (AvgIpc) is 3.51. The monoisotopic (exact) mass is 340 g/mol. The Morgan fingerprint density at radius 1 is 1.04 bits per heavy atom. The van der Waals surface area contributed by atoms with Gasteiger partial charge in [-0.1, -0.05) is 41.9 Å². The maximum absolute atomic E-state index is 12.5. The fourth-order valence-electron chi connectivity index (χ4n) is 4.40. The Hall–Kier alpha value is -1.74. The van der Waals surface area contributed by atoms with Crippen LogP contribution in [-0.4, -0.2) is 17.7 Å². The van der Waals surface area contributed by atoms with Crippen LogP contribution in [0.5, 0.6) is 0 Å². The van der Waals surface area contributed by atoms with Crippen molar-refractivity contribution < 1.29 is 0 Å². The van der Waals surface area contributed by atoms with Crippen LogP contribution in [0, 0.1) is 17.8 Å². The van der Waals surface area contributed by atoms with E-state index in [4.69, 9.17) is 11.6 Å². The second-order valence-electron chi connectivity index (χ2n) is 7.59. The molecule has 0 radical (unpaired) electrons. The molecule has 1 aromatic carbocycles. The lowest BCUT2D eigenvalue weighted by Crippen LogP contribution is -2.28. The molecular weight excluding hydrogens is 320 g/mol. The van der Waals surface area contributed by atoms with Gasteiger partial charge in [0.1, 0.15) is 5.02 Å². The van der Waals surface area contributed by atoms with Crippen LogP contribution >= 0.6 is 11.6 Å². The highest BCUT2D eigenvalue weighted by molar-refractivity contribution is 6.33. The van der Waals surface area contributed by atoms with Crippen molar-refractivity contribution in [3.05, 3.63) is 63.5 Å². The van der Waals surface area contributed by atoms with Crippen LogP contribution < -0.4 is 10.5 Å². The zero-order chi connectivity index (χ0) is 16.3. The molecule has 3 nitrogen and oxygen atoms in total. The van der Waals surface area contributed by atoms with Crippen molar-refractivity contribution in [3.63, 3.8) is 0 Å². The van der Waals surface area contributed by atoms with Gasteiger partial charge in [-0.05, 0) is 48.1 Å². The maximum Gasteiger partial charge on any atom is 0.271 e. The van der Waals surface area contributed by atoms with E-state index in [-0.39, 0.29) is 5.56 Å². The molecule has 0 bridgehead atoms. The number of anilines is 1. The molecule has 1 saturated heterocycles. The largest absolute Gasteiger partial charge is 0.369 e. The van der Waals surface area contributed by atoms with Crippen LogP contribution in [0.15, 0.2) is 47.4 Å².